The molecule has 10 atom stereocenters. The average Bonchev–Trinajstić information content (AvgIpc) is 3.14. The Kier molecular flexibility index (Phi) is 10.5. The predicted octanol–water partition coefficient (Wildman–Crippen LogP) is 3.66. The molecule has 4 heterocycles. The number of nitrogens with one attached hydrogen (secondary N) is 2. The van der Waals surface area contributed by atoms with Crippen LogP contribution in [0.1, 0.15) is 99.8 Å². The normalized spacial score (nSPS) is 36.3. The largest absolute Gasteiger partial charge is 0.480 e. The van der Waals surface area contributed by atoms with Gasteiger partial charge in [0, 0.05) is 24.7 Å². The Morgan fingerprint density at radius 2 is 1.58 bits per heavy atom. The lowest BCUT2D eigenvalue weighted by atomic mass is 9.58. The lowest BCUT2D eigenvalue weighted by Crippen LogP contribution is -2.70. The SMILES string of the molecule is CC(C)CC(NC(=O)C(CC(C)C)NC(=O)CCC(=O)OC1OC2OC3(C)CCC4C(C)CCC(C1C)C24OO3)C(=O)O. The van der Waals surface area contributed by atoms with Crippen LogP contribution in [0.25, 0.3) is 0 Å². The van der Waals surface area contributed by atoms with E-state index >= 15 is 0 Å². The van der Waals surface area contributed by atoms with Crippen molar-refractivity contribution in [1.29, 1.82) is 0 Å². The van der Waals surface area contributed by atoms with Gasteiger partial charge in [0.2, 0.25) is 23.9 Å². The number of aliphatic carboxylic acids is 1. The lowest BCUT2D eigenvalue weighted by Gasteiger charge is -2.59. The van der Waals surface area contributed by atoms with Gasteiger partial charge in [-0.1, -0.05) is 41.5 Å². The number of hydrogen-bond acceptors (Lipinski definition) is 9. The molecule has 5 aliphatic rings. The van der Waals surface area contributed by atoms with Crippen molar-refractivity contribution in [2.45, 2.75) is 136 Å². The van der Waals surface area contributed by atoms with Crippen molar-refractivity contribution in [1.82, 2.24) is 10.6 Å². The number of fused-ring (bicyclic) bond motifs is 2. The molecule has 12 nitrogen and oxygen atoms in total. The summed E-state index contributed by atoms with van der Waals surface area (Å²) in [4.78, 5) is 62.3. The number of amides is 2. The summed E-state index contributed by atoms with van der Waals surface area (Å²) < 4.78 is 18.4. The van der Waals surface area contributed by atoms with Crippen LogP contribution < -0.4 is 10.6 Å². The molecule has 0 aromatic rings. The standard InChI is InChI=1S/C31H50N2O10/c1-16(2)14-22(26(36)33-23(27(37)38)15-17(3)4)32-24(34)10-11-25(35)39-28-19(6)21-9-8-18(5)20-12-13-30(7)41-29(40-28)31(20,21)43-42-30/h16-23,28-29H,8-15H2,1-7H3,(H,32,34)(H,33,36)(H,37,38). The molecule has 1 saturated carbocycles. The van der Waals surface area contributed by atoms with Gasteiger partial charge in [-0.2, -0.15) is 0 Å². The number of hydrogen-bond donors (Lipinski definition) is 3. The molecule has 1 spiro atoms. The zero-order chi connectivity index (χ0) is 31.7. The second-order valence-corrected chi connectivity index (χ2v) is 14.0. The first-order valence-corrected chi connectivity index (χ1v) is 15.9. The summed E-state index contributed by atoms with van der Waals surface area (Å²) in [6.45, 7) is 13.6. The molecule has 2 amide bonds. The van der Waals surface area contributed by atoms with Gasteiger partial charge in [-0.3, -0.25) is 14.4 Å². The van der Waals surface area contributed by atoms with E-state index in [1.165, 1.54) is 0 Å². The third kappa shape index (κ3) is 7.34. The van der Waals surface area contributed by atoms with Gasteiger partial charge in [-0.15, -0.1) is 0 Å². The Morgan fingerprint density at radius 3 is 2.23 bits per heavy atom. The first-order chi connectivity index (χ1) is 20.1. The third-order valence-electron chi connectivity index (χ3n) is 9.58. The van der Waals surface area contributed by atoms with E-state index in [1.54, 1.807) is 0 Å². The highest BCUT2D eigenvalue weighted by atomic mass is 17.3. The Morgan fingerprint density at radius 1 is 0.907 bits per heavy atom. The van der Waals surface area contributed by atoms with E-state index in [0.29, 0.717) is 18.8 Å². The molecule has 0 radical (unpaired) electrons. The minimum atomic E-state index is -1.13. The zero-order valence-corrected chi connectivity index (χ0v) is 26.6. The van der Waals surface area contributed by atoms with Gasteiger partial charge in [0.25, 0.3) is 0 Å². The quantitative estimate of drug-likeness (QED) is 0.220. The van der Waals surface area contributed by atoms with Crippen LogP contribution in [0.4, 0.5) is 0 Å². The molecule has 3 N–H and O–H groups in total. The zero-order valence-electron chi connectivity index (χ0n) is 26.6. The summed E-state index contributed by atoms with van der Waals surface area (Å²) in [5, 5.41) is 14.7. The van der Waals surface area contributed by atoms with Gasteiger partial charge < -0.3 is 30.0 Å². The number of ether oxygens (including phenoxy) is 3. The van der Waals surface area contributed by atoms with Crippen LogP contribution in [0.15, 0.2) is 0 Å². The number of carbonyl (C=O) groups excluding carboxylic acids is 3. The monoisotopic (exact) mass is 610 g/mol. The maximum Gasteiger partial charge on any atom is 0.326 e. The molecule has 0 aromatic heterocycles. The highest BCUT2D eigenvalue weighted by Crippen LogP contribution is 2.60. The molecule has 0 aromatic carbocycles. The molecule has 10 unspecified atom stereocenters. The Balaban J connectivity index is 1.34. The van der Waals surface area contributed by atoms with Crippen LogP contribution in [0, 0.1) is 35.5 Å². The van der Waals surface area contributed by atoms with Gasteiger partial charge in [0.05, 0.1) is 6.42 Å². The van der Waals surface area contributed by atoms with Crippen molar-refractivity contribution in [2.75, 3.05) is 0 Å². The van der Waals surface area contributed by atoms with Gasteiger partial charge in [0.15, 0.2) is 11.9 Å². The molecule has 4 saturated heterocycles. The van der Waals surface area contributed by atoms with Crippen LogP contribution in [0.5, 0.6) is 0 Å². The molecule has 12 heteroatoms. The van der Waals surface area contributed by atoms with E-state index < -0.39 is 59.8 Å². The molecule has 1 aliphatic carbocycles. The highest BCUT2D eigenvalue weighted by Gasteiger charge is 2.69. The maximum atomic E-state index is 12.9. The van der Waals surface area contributed by atoms with Crippen molar-refractivity contribution in [2.24, 2.45) is 35.5 Å². The Hall–Kier alpha value is -2.28. The Labute approximate surface area is 254 Å². The minimum absolute atomic E-state index is 0.00294. The summed E-state index contributed by atoms with van der Waals surface area (Å²) in [6.07, 6.45) is 2.01. The highest BCUT2D eigenvalue weighted by molar-refractivity contribution is 5.91. The second-order valence-electron chi connectivity index (χ2n) is 14.0. The lowest BCUT2D eigenvalue weighted by molar-refractivity contribution is -0.576. The van der Waals surface area contributed by atoms with Gasteiger partial charge in [-0.05, 0) is 62.7 Å². The summed E-state index contributed by atoms with van der Waals surface area (Å²) in [7, 11) is 0. The summed E-state index contributed by atoms with van der Waals surface area (Å²) in [5.74, 6) is -3.21. The minimum Gasteiger partial charge on any atom is -0.480 e. The smallest absolute Gasteiger partial charge is 0.326 e. The van der Waals surface area contributed by atoms with Crippen molar-refractivity contribution in [3.63, 3.8) is 0 Å². The van der Waals surface area contributed by atoms with Gasteiger partial charge in [-0.25, -0.2) is 14.6 Å². The summed E-state index contributed by atoms with van der Waals surface area (Å²) in [5.41, 5.74) is -0.767. The van der Waals surface area contributed by atoms with Crippen LogP contribution in [-0.2, 0) is 43.2 Å². The van der Waals surface area contributed by atoms with E-state index in [9.17, 15) is 24.3 Å². The summed E-state index contributed by atoms with van der Waals surface area (Å²) >= 11 is 0. The van der Waals surface area contributed by atoms with E-state index in [4.69, 9.17) is 24.0 Å². The third-order valence-corrected chi connectivity index (χ3v) is 9.58. The van der Waals surface area contributed by atoms with E-state index in [0.717, 1.165) is 19.3 Å². The van der Waals surface area contributed by atoms with Crippen molar-refractivity contribution in [3.05, 3.63) is 0 Å². The topological polar surface area (TPSA) is 159 Å². The summed E-state index contributed by atoms with van der Waals surface area (Å²) in [6, 6.07) is -1.98. The van der Waals surface area contributed by atoms with Crippen molar-refractivity contribution in [3.8, 4) is 0 Å². The molecular formula is C31H50N2O10. The fourth-order valence-electron chi connectivity index (χ4n) is 7.35. The van der Waals surface area contributed by atoms with E-state index in [-0.39, 0.29) is 48.9 Å². The van der Waals surface area contributed by atoms with E-state index in [2.05, 4.69) is 17.6 Å². The molecule has 4 aliphatic heterocycles. The fraction of sp³-hybridized carbons (Fsp3) is 0.871. The molecule has 5 rings (SSSR count). The number of carbonyl (C=O) groups is 4. The molecule has 2 bridgehead atoms. The molecule has 5 fully saturated rings. The number of carboxylic acid groups (broad SMARTS) is 1. The molecule has 244 valence electrons. The Bertz CT molecular complexity index is 1050. The average molecular weight is 611 g/mol. The number of rotatable bonds is 12. The number of esters is 1. The van der Waals surface area contributed by atoms with Crippen LogP contribution >= 0.6 is 0 Å². The van der Waals surface area contributed by atoms with Crippen LogP contribution in [0.3, 0.4) is 0 Å². The molecule has 43 heavy (non-hydrogen) atoms. The van der Waals surface area contributed by atoms with Gasteiger partial charge >= 0.3 is 11.9 Å². The van der Waals surface area contributed by atoms with Gasteiger partial charge in [0.1, 0.15) is 12.1 Å². The fourth-order valence-corrected chi connectivity index (χ4v) is 7.35. The first-order valence-electron chi connectivity index (χ1n) is 15.9. The molecular weight excluding hydrogens is 560 g/mol. The maximum absolute atomic E-state index is 12.9. The predicted molar refractivity (Wildman–Crippen MR) is 153 cm³/mol. The second kappa shape index (κ2) is 13.4. The van der Waals surface area contributed by atoms with Crippen LogP contribution in [-0.4, -0.2) is 64.9 Å². The van der Waals surface area contributed by atoms with E-state index in [1.807, 2.05) is 41.5 Å². The van der Waals surface area contributed by atoms with Crippen molar-refractivity contribution < 1.29 is 48.3 Å². The van der Waals surface area contributed by atoms with Crippen LogP contribution in [0.2, 0.25) is 0 Å². The first kappa shape index (κ1) is 33.6. The van der Waals surface area contributed by atoms with Crippen molar-refractivity contribution >= 4 is 23.8 Å². The number of carboxylic acids is 1.